The normalized spacial score (nSPS) is 13.2. The van der Waals surface area contributed by atoms with E-state index in [1.807, 2.05) is 12.4 Å². The van der Waals surface area contributed by atoms with Crippen molar-refractivity contribution < 1.29 is 9.30 Å². The minimum Gasteiger partial charge on any atom is -0.433 e. The summed E-state index contributed by atoms with van der Waals surface area (Å²) in [6, 6.07) is 12.8. The number of benzene rings is 2. The molecule has 4 aromatic rings. The monoisotopic (exact) mass is 259 g/mol. The molecule has 1 aliphatic rings. The predicted molar refractivity (Wildman–Crippen MR) is 77.6 cm³/mol. The Hall–Kier alpha value is -2.68. The van der Waals surface area contributed by atoms with Crippen molar-refractivity contribution in [1.82, 2.24) is 4.98 Å². The summed E-state index contributed by atoms with van der Waals surface area (Å²) in [6.45, 7) is 0.545. The quantitative estimate of drug-likeness (QED) is 0.358. The van der Waals surface area contributed by atoms with Crippen LogP contribution in [-0.2, 0) is 6.73 Å². The van der Waals surface area contributed by atoms with Gasteiger partial charge in [-0.3, -0.25) is 4.98 Å². The molecule has 2 aromatic carbocycles. The van der Waals surface area contributed by atoms with Crippen LogP contribution in [0.15, 0.2) is 55.0 Å². The van der Waals surface area contributed by atoms with Crippen LogP contribution in [0.2, 0.25) is 0 Å². The van der Waals surface area contributed by atoms with Gasteiger partial charge in [0.05, 0.1) is 11.6 Å². The summed E-state index contributed by atoms with van der Waals surface area (Å²) in [7, 11) is 0. The van der Waals surface area contributed by atoms with Crippen LogP contribution in [0.1, 0.15) is 0 Å². The molecule has 0 atom stereocenters. The molecular weight excluding hydrogens is 248 g/mol. The Labute approximate surface area is 115 Å². The van der Waals surface area contributed by atoms with Gasteiger partial charge in [-0.2, -0.15) is 4.57 Å². The number of rotatable bonds is 0. The van der Waals surface area contributed by atoms with Crippen molar-refractivity contribution in [3.05, 3.63) is 55.0 Å². The van der Waals surface area contributed by atoms with E-state index in [1.165, 1.54) is 27.1 Å². The Kier molecular flexibility index (Phi) is 1.75. The Morgan fingerprint density at radius 1 is 0.900 bits per heavy atom. The largest absolute Gasteiger partial charge is 0.433 e. The smallest absolute Gasteiger partial charge is 0.292 e. The van der Waals surface area contributed by atoms with Crippen LogP contribution in [0, 0.1) is 0 Å². The lowest BCUT2D eigenvalue weighted by molar-refractivity contribution is -0.701. The molecular formula is C17H11N2O+. The van der Waals surface area contributed by atoms with Crippen LogP contribution < -0.4 is 9.30 Å². The van der Waals surface area contributed by atoms with E-state index in [1.54, 1.807) is 0 Å². The first kappa shape index (κ1) is 10.1. The third-order valence-electron chi connectivity index (χ3n) is 4.09. The van der Waals surface area contributed by atoms with E-state index < -0.39 is 0 Å². The second-order valence-corrected chi connectivity index (χ2v) is 5.12. The van der Waals surface area contributed by atoms with E-state index >= 15 is 0 Å². The zero-order chi connectivity index (χ0) is 13.1. The van der Waals surface area contributed by atoms with E-state index in [9.17, 15) is 0 Å². The first-order valence-corrected chi connectivity index (χ1v) is 6.67. The molecule has 3 heteroatoms. The molecule has 2 aromatic heterocycles. The number of ether oxygens (including phenoxy) is 1. The van der Waals surface area contributed by atoms with Gasteiger partial charge in [-0.25, -0.2) is 0 Å². The Bertz CT molecular complexity index is 925. The van der Waals surface area contributed by atoms with Gasteiger partial charge in [-0.1, -0.05) is 24.3 Å². The lowest BCUT2D eigenvalue weighted by Crippen LogP contribution is -2.39. The molecule has 3 nitrogen and oxygen atoms in total. The summed E-state index contributed by atoms with van der Waals surface area (Å²) >= 11 is 0. The van der Waals surface area contributed by atoms with E-state index in [0.29, 0.717) is 6.73 Å². The van der Waals surface area contributed by atoms with Crippen LogP contribution in [0.3, 0.4) is 0 Å². The summed E-state index contributed by atoms with van der Waals surface area (Å²) in [6.07, 6.45) is 5.82. The number of fused-ring (bicyclic) bond motifs is 3. The summed E-state index contributed by atoms with van der Waals surface area (Å²) < 4.78 is 8.00. The van der Waals surface area contributed by atoms with E-state index in [4.69, 9.17) is 4.74 Å². The summed E-state index contributed by atoms with van der Waals surface area (Å²) in [5, 5.41) is 6.09. The minimum atomic E-state index is 0.545. The van der Waals surface area contributed by atoms with E-state index in [-0.39, 0.29) is 0 Å². The zero-order valence-electron chi connectivity index (χ0n) is 10.7. The average Bonchev–Trinajstić information content (AvgIpc) is 2.53. The van der Waals surface area contributed by atoms with E-state index in [2.05, 4.69) is 52.1 Å². The highest BCUT2D eigenvalue weighted by Gasteiger charge is 2.24. The van der Waals surface area contributed by atoms with Crippen LogP contribution in [0.25, 0.3) is 32.4 Å². The third-order valence-corrected chi connectivity index (χ3v) is 4.09. The van der Waals surface area contributed by atoms with Gasteiger partial charge in [0.2, 0.25) is 5.52 Å². The van der Waals surface area contributed by atoms with Crippen LogP contribution >= 0.6 is 0 Å². The maximum atomic E-state index is 5.84. The first-order chi connectivity index (χ1) is 9.93. The van der Waals surface area contributed by atoms with Crippen LogP contribution in [-0.4, -0.2) is 4.98 Å². The molecule has 0 spiro atoms. The van der Waals surface area contributed by atoms with Gasteiger partial charge in [0.1, 0.15) is 5.39 Å². The highest BCUT2D eigenvalue weighted by Crippen LogP contribution is 2.38. The maximum Gasteiger partial charge on any atom is 0.292 e. The molecule has 0 unspecified atom stereocenters. The fourth-order valence-electron chi connectivity index (χ4n) is 3.25. The zero-order valence-corrected chi connectivity index (χ0v) is 10.7. The summed E-state index contributed by atoms with van der Waals surface area (Å²) in [5.41, 5.74) is 1.24. The lowest BCUT2D eigenvalue weighted by atomic mass is 9.97. The minimum absolute atomic E-state index is 0.545. The van der Waals surface area contributed by atoms with Crippen LogP contribution in [0.5, 0.6) is 5.75 Å². The number of pyridine rings is 2. The highest BCUT2D eigenvalue weighted by atomic mass is 16.5. The molecule has 0 radical (unpaired) electrons. The number of aromatic nitrogens is 2. The number of hydrogen-bond acceptors (Lipinski definition) is 2. The average molecular weight is 259 g/mol. The summed E-state index contributed by atoms with van der Waals surface area (Å²) in [4.78, 5) is 4.34. The molecule has 0 fully saturated rings. The van der Waals surface area contributed by atoms with E-state index in [0.717, 1.165) is 11.1 Å². The number of hydrogen-bond donors (Lipinski definition) is 0. The van der Waals surface area contributed by atoms with Gasteiger partial charge in [-0.05, 0) is 16.8 Å². The standard InChI is InChI=1S/C17H11N2O/c1-2-5-12-11(4-1)13-6-3-7-19-10-20-15-9-18-8-14(12)16(15)17(13)19/h1-9H,10H2/q+1. The van der Waals surface area contributed by atoms with Gasteiger partial charge in [-0.15, -0.1) is 0 Å². The maximum absolute atomic E-state index is 5.84. The van der Waals surface area contributed by atoms with Crippen molar-refractivity contribution in [1.29, 1.82) is 0 Å². The fraction of sp³-hybridized carbons (Fsp3) is 0.0588. The van der Waals surface area contributed by atoms with Crippen molar-refractivity contribution in [3.63, 3.8) is 0 Å². The van der Waals surface area contributed by atoms with Crippen molar-refractivity contribution in [2.45, 2.75) is 6.73 Å². The topological polar surface area (TPSA) is 26.0 Å². The Morgan fingerprint density at radius 3 is 2.60 bits per heavy atom. The molecule has 5 rings (SSSR count). The third kappa shape index (κ3) is 1.11. The molecule has 0 saturated heterocycles. The Balaban J connectivity index is 2.26. The molecule has 20 heavy (non-hydrogen) atoms. The summed E-state index contributed by atoms with van der Waals surface area (Å²) in [5.74, 6) is 0.879. The second-order valence-electron chi connectivity index (χ2n) is 5.12. The predicted octanol–water partition coefficient (Wildman–Crippen LogP) is 3.18. The lowest BCUT2D eigenvalue weighted by Gasteiger charge is -2.16. The number of nitrogens with zero attached hydrogens (tertiary/aromatic N) is 2. The van der Waals surface area contributed by atoms with Crippen molar-refractivity contribution in [2.24, 2.45) is 0 Å². The molecule has 0 N–H and O–H groups in total. The molecule has 0 bridgehead atoms. The molecule has 0 aliphatic carbocycles. The molecule has 0 amide bonds. The molecule has 3 heterocycles. The Morgan fingerprint density at radius 2 is 1.70 bits per heavy atom. The van der Waals surface area contributed by atoms with Gasteiger partial charge in [0, 0.05) is 17.6 Å². The van der Waals surface area contributed by atoms with Crippen molar-refractivity contribution in [3.8, 4) is 5.75 Å². The fourth-order valence-corrected chi connectivity index (χ4v) is 3.25. The van der Waals surface area contributed by atoms with Crippen molar-refractivity contribution >= 4 is 32.4 Å². The van der Waals surface area contributed by atoms with Gasteiger partial charge in [0.25, 0.3) is 6.73 Å². The highest BCUT2D eigenvalue weighted by molar-refractivity contribution is 6.24. The second kappa shape index (κ2) is 3.45. The molecule has 0 saturated carbocycles. The SMILES string of the molecule is c1ccc2c(c1)c1cncc3c1c1c2ccc[n+]1CO3. The van der Waals surface area contributed by atoms with Gasteiger partial charge < -0.3 is 4.74 Å². The van der Waals surface area contributed by atoms with Gasteiger partial charge >= 0.3 is 0 Å². The van der Waals surface area contributed by atoms with Gasteiger partial charge in [0.15, 0.2) is 11.9 Å². The van der Waals surface area contributed by atoms with Crippen LogP contribution in [0.4, 0.5) is 0 Å². The first-order valence-electron chi connectivity index (χ1n) is 6.67. The molecule has 1 aliphatic heterocycles. The molecule has 94 valence electrons. The van der Waals surface area contributed by atoms with Crippen molar-refractivity contribution in [2.75, 3.05) is 0 Å².